The van der Waals surface area contributed by atoms with E-state index in [1.54, 1.807) is 6.07 Å². The Balaban J connectivity index is 2.47. The Labute approximate surface area is 108 Å². The molecule has 1 aromatic rings. The average Bonchev–Trinajstić information content (AvgIpc) is 2.38. The van der Waals surface area contributed by atoms with Crippen molar-refractivity contribution in [2.75, 3.05) is 26.4 Å². The fourth-order valence-corrected chi connectivity index (χ4v) is 1.54. The molecule has 18 heavy (non-hydrogen) atoms. The molecule has 3 nitrogen and oxygen atoms in total. The van der Waals surface area contributed by atoms with Gasteiger partial charge in [0.05, 0.1) is 6.61 Å². The van der Waals surface area contributed by atoms with Crippen molar-refractivity contribution >= 4 is 0 Å². The summed E-state index contributed by atoms with van der Waals surface area (Å²) in [6.07, 6.45) is 1.00. The molecule has 0 aliphatic heterocycles. The van der Waals surface area contributed by atoms with E-state index in [1.807, 2.05) is 6.92 Å². The zero-order valence-electron chi connectivity index (χ0n) is 11.2. The number of hydrogen-bond donors (Lipinski definition) is 1. The van der Waals surface area contributed by atoms with Crippen LogP contribution in [0.2, 0.25) is 0 Å². The van der Waals surface area contributed by atoms with Crippen LogP contribution in [0.1, 0.15) is 25.8 Å². The summed E-state index contributed by atoms with van der Waals surface area (Å²) in [4.78, 5) is 0. The Morgan fingerprint density at radius 1 is 1.17 bits per heavy atom. The predicted molar refractivity (Wildman–Crippen MR) is 70.4 cm³/mol. The van der Waals surface area contributed by atoms with Crippen molar-refractivity contribution < 1.29 is 13.9 Å². The molecule has 1 N–H and O–H groups in total. The maximum atomic E-state index is 13.2. The maximum absolute atomic E-state index is 13.2. The van der Waals surface area contributed by atoms with Crippen molar-refractivity contribution in [2.45, 2.75) is 26.8 Å². The second-order valence-corrected chi connectivity index (χ2v) is 3.99. The summed E-state index contributed by atoms with van der Waals surface area (Å²) in [7, 11) is 0. The van der Waals surface area contributed by atoms with Crippen LogP contribution in [-0.4, -0.2) is 26.4 Å². The number of ether oxygens (including phenoxy) is 2. The molecule has 0 spiro atoms. The molecule has 4 heteroatoms. The van der Waals surface area contributed by atoms with E-state index in [2.05, 4.69) is 12.2 Å². The number of halogens is 1. The van der Waals surface area contributed by atoms with Gasteiger partial charge in [-0.25, -0.2) is 4.39 Å². The van der Waals surface area contributed by atoms with Crippen molar-refractivity contribution in [2.24, 2.45) is 0 Å². The van der Waals surface area contributed by atoms with Gasteiger partial charge in [-0.2, -0.15) is 0 Å². The van der Waals surface area contributed by atoms with E-state index >= 15 is 0 Å². The van der Waals surface area contributed by atoms with Gasteiger partial charge >= 0.3 is 0 Å². The van der Waals surface area contributed by atoms with E-state index in [-0.39, 0.29) is 5.82 Å². The molecule has 0 atom stereocenters. The third-order valence-electron chi connectivity index (χ3n) is 2.42. The first-order chi connectivity index (χ1) is 8.77. The fraction of sp³-hybridized carbons (Fsp3) is 0.571. The van der Waals surface area contributed by atoms with Crippen LogP contribution in [0.4, 0.5) is 4.39 Å². The highest BCUT2D eigenvalue weighted by atomic mass is 19.1. The van der Waals surface area contributed by atoms with Crippen molar-refractivity contribution in [3.05, 3.63) is 29.6 Å². The van der Waals surface area contributed by atoms with Crippen LogP contribution in [0.5, 0.6) is 5.75 Å². The van der Waals surface area contributed by atoms with E-state index in [0.29, 0.717) is 19.8 Å². The van der Waals surface area contributed by atoms with Crippen LogP contribution in [0.15, 0.2) is 18.2 Å². The van der Waals surface area contributed by atoms with Crippen LogP contribution in [0, 0.1) is 5.82 Å². The molecule has 0 heterocycles. The molecule has 0 unspecified atom stereocenters. The number of hydrogen-bond acceptors (Lipinski definition) is 3. The molecule has 0 amide bonds. The SMILES string of the molecule is CCCOCCOc1ccc(F)cc1CNCC. The first-order valence-corrected chi connectivity index (χ1v) is 6.47. The molecule has 0 fully saturated rings. The Morgan fingerprint density at radius 3 is 2.72 bits per heavy atom. The van der Waals surface area contributed by atoms with Crippen molar-refractivity contribution in [1.29, 1.82) is 0 Å². The maximum Gasteiger partial charge on any atom is 0.124 e. The van der Waals surface area contributed by atoms with Gasteiger partial charge in [-0.15, -0.1) is 0 Å². The molecule has 102 valence electrons. The van der Waals surface area contributed by atoms with Gasteiger partial charge in [0.15, 0.2) is 0 Å². The molecule has 1 aromatic carbocycles. The average molecular weight is 255 g/mol. The molecule has 0 aromatic heterocycles. The second kappa shape index (κ2) is 8.89. The van der Waals surface area contributed by atoms with E-state index in [4.69, 9.17) is 9.47 Å². The predicted octanol–water partition coefficient (Wildman–Crippen LogP) is 2.74. The van der Waals surface area contributed by atoms with Gasteiger partial charge in [-0.05, 0) is 31.2 Å². The van der Waals surface area contributed by atoms with E-state index in [0.717, 1.165) is 30.9 Å². The largest absolute Gasteiger partial charge is 0.491 e. The highest BCUT2D eigenvalue weighted by molar-refractivity contribution is 5.33. The van der Waals surface area contributed by atoms with E-state index in [1.165, 1.54) is 12.1 Å². The van der Waals surface area contributed by atoms with Gasteiger partial charge in [0.25, 0.3) is 0 Å². The normalized spacial score (nSPS) is 10.6. The first-order valence-electron chi connectivity index (χ1n) is 6.47. The summed E-state index contributed by atoms with van der Waals surface area (Å²) >= 11 is 0. The van der Waals surface area contributed by atoms with Crippen molar-refractivity contribution in [1.82, 2.24) is 5.32 Å². The zero-order valence-corrected chi connectivity index (χ0v) is 11.2. The molecule has 0 saturated carbocycles. The van der Waals surface area contributed by atoms with Crippen molar-refractivity contribution in [3.8, 4) is 5.75 Å². The lowest BCUT2D eigenvalue weighted by Gasteiger charge is -2.12. The monoisotopic (exact) mass is 255 g/mol. The Hall–Kier alpha value is -1.13. The van der Waals surface area contributed by atoms with Gasteiger partial charge in [-0.3, -0.25) is 0 Å². The Morgan fingerprint density at radius 2 is 2.00 bits per heavy atom. The van der Waals surface area contributed by atoms with Crippen LogP contribution >= 0.6 is 0 Å². The van der Waals surface area contributed by atoms with Crippen LogP contribution in [0.25, 0.3) is 0 Å². The molecule has 1 rings (SSSR count). The second-order valence-electron chi connectivity index (χ2n) is 3.99. The summed E-state index contributed by atoms with van der Waals surface area (Å²) in [5.74, 6) is 0.481. The Bertz CT molecular complexity index is 345. The molecular weight excluding hydrogens is 233 g/mol. The summed E-state index contributed by atoms with van der Waals surface area (Å²) < 4.78 is 24.1. The summed E-state index contributed by atoms with van der Waals surface area (Å²) in [5, 5.41) is 3.16. The molecular formula is C14H22FNO2. The standard InChI is InChI=1S/C14H22FNO2/c1-3-7-17-8-9-18-14-6-5-13(15)10-12(14)11-16-4-2/h5-6,10,16H,3-4,7-9,11H2,1-2H3. The molecule has 0 aliphatic rings. The first kappa shape index (κ1) is 14.9. The zero-order chi connectivity index (χ0) is 13.2. The highest BCUT2D eigenvalue weighted by Gasteiger charge is 2.05. The van der Waals surface area contributed by atoms with Gasteiger partial charge in [-0.1, -0.05) is 13.8 Å². The van der Waals surface area contributed by atoms with Crippen molar-refractivity contribution in [3.63, 3.8) is 0 Å². The third kappa shape index (κ3) is 5.47. The van der Waals surface area contributed by atoms with Gasteiger partial charge in [0.1, 0.15) is 18.2 Å². The fourth-order valence-electron chi connectivity index (χ4n) is 1.54. The quantitative estimate of drug-likeness (QED) is 0.688. The molecule has 0 aliphatic carbocycles. The molecule has 0 bridgehead atoms. The van der Waals surface area contributed by atoms with E-state index < -0.39 is 0 Å². The number of nitrogens with one attached hydrogen (secondary N) is 1. The van der Waals surface area contributed by atoms with Gasteiger partial charge in [0.2, 0.25) is 0 Å². The van der Waals surface area contributed by atoms with Crippen LogP contribution < -0.4 is 10.1 Å². The molecule has 0 radical (unpaired) electrons. The minimum Gasteiger partial charge on any atom is -0.491 e. The van der Waals surface area contributed by atoms with Crippen LogP contribution in [-0.2, 0) is 11.3 Å². The summed E-state index contributed by atoms with van der Waals surface area (Å²) in [6.45, 7) is 7.33. The minimum atomic E-state index is -0.238. The lowest BCUT2D eigenvalue weighted by Crippen LogP contribution is -2.14. The highest BCUT2D eigenvalue weighted by Crippen LogP contribution is 2.19. The smallest absolute Gasteiger partial charge is 0.124 e. The minimum absolute atomic E-state index is 0.238. The Kier molecular flexibility index (Phi) is 7.37. The lowest BCUT2D eigenvalue weighted by atomic mass is 10.2. The number of benzene rings is 1. The summed E-state index contributed by atoms with van der Waals surface area (Å²) in [6, 6.07) is 4.59. The summed E-state index contributed by atoms with van der Waals surface area (Å²) in [5.41, 5.74) is 0.840. The van der Waals surface area contributed by atoms with Gasteiger partial charge in [0, 0.05) is 18.7 Å². The lowest BCUT2D eigenvalue weighted by molar-refractivity contribution is 0.100. The third-order valence-corrected chi connectivity index (χ3v) is 2.42. The number of rotatable bonds is 9. The van der Waals surface area contributed by atoms with Gasteiger partial charge < -0.3 is 14.8 Å². The topological polar surface area (TPSA) is 30.5 Å². The van der Waals surface area contributed by atoms with E-state index in [9.17, 15) is 4.39 Å². The molecule has 0 saturated heterocycles. The van der Waals surface area contributed by atoms with Crippen LogP contribution in [0.3, 0.4) is 0 Å².